The summed E-state index contributed by atoms with van der Waals surface area (Å²) in [4.78, 5) is 27.6. The van der Waals surface area contributed by atoms with Crippen LogP contribution >= 0.6 is 0 Å². The number of ketones is 1. The van der Waals surface area contributed by atoms with Crippen molar-refractivity contribution in [2.24, 2.45) is 11.5 Å². The average Bonchev–Trinajstić information content (AvgIpc) is 3.07. The van der Waals surface area contributed by atoms with Gasteiger partial charge in [0.05, 0.1) is 0 Å². The highest BCUT2D eigenvalue weighted by Gasteiger charge is 2.22. The molecule has 8 nitrogen and oxygen atoms in total. The summed E-state index contributed by atoms with van der Waals surface area (Å²) in [5.41, 5.74) is 20.9. The molecule has 1 aromatic carbocycles. The highest BCUT2D eigenvalue weighted by atomic mass is 16.1. The van der Waals surface area contributed by atoms with Gasteiger partial charge in [0.25, 0.3) is 0 Å². The SMILES string of the molecule is Cc1cc2c(cc1Cc1nc(C(=N)N)c(N)n1CCC(N)=O)C(=O)CC2. The smallest absolute Gasteiger partial charge is 0.219 e. The van der Waals surface area contributed by atoms with Crippen molar-refractivity contribution < 1.29 is 9.59 Å². The molecule has 1 amide bonds. The van der Waals surface area contributed by atoms with Crippen molar-refractivity contribution in [3.8, 4) is 0 Å². The van der Waals surface area contributed by atoms with Crippen molar-refractivity contribution in [2.75, 3.05) is 5.73 Å². The lowest BCUT2D eigenvalue weighted by Crippen LogP contribution is -2.17. The van der Waals surface area contributed by atoms with Crippen LogP contribution in [0.4, 0.5) is 5.82 Å². The average molecular weight is 354 g/mol. The lowest BCUT2D eigenvalue weighted by atomic mass is 9.98. The van der Waals surface area contributed by atoms with E-state index in [1.54, 1.807) is 4.57 Å². The predicted octanol–water partition coefficient (Wildman–Crippen LogP) is 0.653. The number of carbonyl (C=O) groups excluding carboxylic acids is 2. The Hall–Kier alpha value is -3.16. The summed E-state index contributed by atoms with van der Waals surface area (Å²) in [7, 11) is 0. The number of nitrogens with two attached hydrogens (primary N) is 3. The van der Waals surface area contributed by atoms with Crippen LogP contribution in [0, 0.1) is 12.3 Å². The van der Waals surface area contributed by atoms with Gasteiger partial charge in [-0.3, -0.25) is 15.0 Å². The molecule has 0 unspecified atom stereocenters. The Morgan fingerprint density at radius 3 is 2.69 bits per heavy atom. The molecule has 1 aromatic heterocycles. The molecule has 3 rings (SSSR count). The van der Waals surface area contributed by atoms with E-state index >= 15 is 0 Å². The molecule has 0 spiro atoms. The van der Waals surface area contributed by atoms with Gasteiger partial charge in [0.2, 0.25) is 5.91 Å². The molecule has 8 heteroatoms. The van der Waals surface area contributed by atoms with Crippen LogP contribution in [0.15, 0.2) is 12.1 Å². The summed E-state index contributed by atoms with van der Waals surface area (Å²) in [5.74, 6) is 0.295. The molecule has 0 fully saturated rings. The second kappa shape index (κ2) is 6.62. The number of benzene rings is 1. The first-order valence-corrected chi connectivity index (χ1v) is 8.41. The molecule has 0 bridgehead atoms. The highest BCUT2D eigenvalue weighted by molar-refractivity contribution is 6.00. The van der Waals surface area contributed by atoms with Crippen molar-refractivity contribution in [3.05, 3.63) is 45.9 Å². The third-order valence-corrected chi connectivity index (χ3v) is 4.75. The Morgan fingerprint density at radius 2 is 2.04 bits per heavy atom. The van der Waals surface area contributed by atoms with Gasteiger partial charge < -0.3 is 21.8 Å². The van der Waals surface area contributed by atoms with Crippen LogP contribution in [0.1, 0.15) is 51.4 Å². The molecule has 7 N–H and O–H groups in total. The fraction of sp³-hybridized carbons (Fsp3) is 0.333. The molecule has 1 aliphatic carbocycles. The standard InChI is InChI=1S/C18H22N6O2/c1-9-6-10-2-3-13(25)12(10)7-11(9)8-15-23-16(17(20)21)18(22)24(15)5-4-14(19)26/h6-7H,2-5,8,22H2,1H3,(H2,19,26)(H3,20,21). The van der Waals surface area contributed by atoms with Gasteiger partial charge in [0.15, 0.2) is 5.78 Å². The molecule has 136 valence electrons. The second-order valence-electron chi connectivity index (χ2n) is 6.58. The van der Waals surface area contributed by atoms with E-state index in [0.717, 1.165) is 28.7 Å². The number of rotatable bonds is 6. The Bertz CT molecular complexity index is 928. The molecular weight excluding hydrogens is 332 g/mol. The lowest BCUT2D eigenvalue weighted by molar-refractivity contribution is -0.118. The summed E-state index contributed by atoms with van der Waals surface area (Å²) >= 11 is 0. The number of fused-ring (bicyclic) bond motifs is 1. The van der Waals surface area contributed by atoms with Crippen molar-refractivity contribution in [1.29, 1.82) is 5.41 Å². The van der Waals surface area contributed by atoms with Crippen LogP contribution in [0.25, 0.3) is 0 Å². The van der Waals surface area contributed by atoms with Gasteiger partial charge in [-0.25, -0.2) is 4.98 Å². The number of Topliss-reactive ketones (excluding diaryl/α,β-unsaturated/α-hetero) is 1. The van der Waals surface area contributed by atoms with Crippen LogP contribution in [-0.4, -0.2) is 27.1 Å². The van der Waals surface area contributed by atoms with Crippen LogP contribution in [0.2, 0.25) is 0 Å². The number of nitrogens with zero attached hydrogens (tertiary/aromatic N) is 2. The number of anilines is 1. The topological polar surface area (TPSA) is 154 Å². The van der Waals surface area contributed by atoms with Gasteiger partial charge in [-0.15, -0.1) is 0 Å². The molecule has 0 saturated carbocycles. The maximum atomic E-state index is 12.0. The number of aryl methyl sites for hydroxylation is 2. The van der Waals surface area contributed by atoms with Gasteiger partial charge in [-0.05, 0) is 36.1 Å². The molecule has 1 aliphatic rings. The minimum Gasteiger partial charge on any atom is -0.383 e. The first-order chi connectivity index (χ1) is 12.3. The summed E-state index contributed by atoms with van der Waals surface area (Å²) in [6.07, 6.45) is 1.85. The Morgan fingerprint density at radius 1 is 1.31 bits per heavy atom. The van der Waals surface area contributed by atoms with Gasteiger partial charge in [-0.2, -0.15) is 0 Å². The molecule has 0 saturated heterocycles. The third-order valence-electron chi connectivity index (χ3n) is 4.75. The zero-order valence-electron chi connectivity index (χ0n) is 14.6. The number of imidazole rings is 1. The number of amidine groups is 1. The van der Waals surface area contributed by atoms with Crippen LogP contribution in [-0.2, 0) is 24.2 Å². The van der Waals surface area contributed by atoms with Crippen LogP contribution in [0.3, 0.4) is 0 Å². The molecule has 26 heavy (non-hydrogen) atoms. The number of nitrogen functional groups attached to an aromatic ring is 2. The molecule has 0 radical (unpaired) electrons. The van der Waals surface area contributed by atoms with Gasteiger partial charge in [0, 0.05) is 31.4 Å². The number of nitrogens with one attached hydrogen (secondary N) is 1. The Balaban J connectivity index is 2.00. The normalized spacial score (nSPS) is 13.0. The van der Waals surface area contributed by atoms with E-state index in [2.05, 4.69) is 4.98 Å². The maximum absolute atomic E-state index is 12.0. The van der Waals surface area contributed by atoms with Gasteiger partial charge >= 0.3 is 0 Å². The quantitative estimate of drug-likeness (QED) is 0.443. The lowest BCUT2D eigenvalue weighted by Gasteiger charge is -2.12. The van der Waals surface area contributed by atoms with E-state index in [1.165, 1.54) is 0 Å². The fourth-order valence-corrected chi connectivity index (χ4v) is 3.34. The van der Waals surface area contributed by atoms with E-state index in [4.69, 9.17) is 22.6 Å². The molecule has 0 atom stereocenters. The van der Waals surface area contributed by atoms with Crippen LogP contribution in [0.5, 0.6) is 0 Å². The van der Waals surface area contributed by atoms with E-state index in [1.807, 2.05) is 19.1 Å². The van der Waals surface area contributed by atoms with E-state index in [0.29, 0.717) is 18.7 Å². The number of hydrogen-bond donors (Lipinski definition) is 4. The largest absolute Gasteiger partial charge is 0.383 e. The van der Waals surface area contributed by atoms with Crippen molar-refractivity contribution in [1.82, 2.24) is 9.55 Å². The molecule has 2 aromatic rings. The number of hydrogen-bond acceptors (Lipinski definition) is 5. The fourth-order valence-electron chi connectivity index (χ4n) is 3.34. The number of aromatic nitrogens is 2. The number of amides is 1. The van der Waals surface area contributed by atoms with Gasteiger partial charge in [0.1, 0.15) is 23.2 Å². The summed E-state index contributed by atoms with van der Waals surface area (Å²) in [6.45, 7) is 2.25. The van der Waals surface area contributed by atoms with Crippen molar-refractivity contribution >= 4 is 23.3 Å². The minimum atomic E-state index is -0.451. The monoisotopic (exact) mass is 354 g/mol. The minimum absolute atomic E-state index is 0.104. The highest BCUT2D eigenvalue weighted by Crippen LogP contribution is 2.27. The summed E-state index contributed by atoms with van der Waals surface area (Å²) < 4.78 is 1.66. The third kappa shape index (κ3) is 3.17. The van der Waals surface area contributed by atoms with E-state index in [9.17, 15) is 9.59 Å². The predicted molar refractivity (Wildman–Crippen MR) is 98.1 cm³/mol. The second-order valence-corrected chi connectivity index (χ2v) is 6.58. The number of carbonyl (C=O) groups is 2. The molecule has 0 aliphatic heterocycles. The molecular formula is C18H22N6O2. The maximum Gasteiger partial charge on any atom is 0.219 e. The number of primary amides is 1. The van der Waals surface area contributed by atoms with Crippen molar-refractivity contribution in [2.45, 2.75) is 39.2 Å². The van der Waals surface area contributed by atoms with Crippen molar-refractivity contribution in [3.63, 3.8) is 0 Å². The Kier molecular flexibility index (Phi) is 4.50. The zero-order valence-corrected chi connectivity index (χ0v) is 14.6. The zero-order chi connectivity index (χ0) is 19.0. The summed E-state index contributed by atoms with van der Waals surface area (Å²) in [5, 5.41) is 7.64. The molecule has 1 heterocycles. The first-order valence-electron chi connectivity index (χ1n) is 8.41. The summed E-state index contributed by atoms with van der Waals surface area (Å²) in [6, 6.07) is 3.96. The van der Waals surface area contributed by atoms with E-state index < -0.39 is 5.91 Å². The van der Waals surface area contributed by atoms with Crippen LogP contribution < -0.4 is 17.2 Å². The van der Waals surface area contributed by atoms with Gasteiger partial charge in [-0.1, -0.05) is 6.07 Å². The first kappa shape index (κ1) is 17.7. The Labute approximate surface area is 150 Å². The van der Waals surface area contributed by atoms with E-state index in [-0.39, 0.29) is 36.1 Å².